The van der Waals surface area contributed by atoms with Crippen molar-refractivity contribution in [3.8, 4) is 0 Å². The van der Waals surface area contributed by atoms with E-state index in [1.54, 1.807) is 30.1 Å². The van der Waals surface area contributed by atoms with Gasteiger partial charge in [0.1, 0.15) is 12.1 Å². The molecular weight excluding hydrogens is 626 g/mol. The molecule has 4 rings (SSSR count). The number of aromatic nitrogens is 1. The first kappa shape index (κ1) is 34.8. The van der Waals surface area contributed by atoms with E-state index in [0.717, 1.165) is 41.9 Å². The SMILES string of the molecule is CSCC[C@H](NC(=O)c1ccc(CNc2nccs2)cc1)C(=O)N[C@@H](CC(C)C)C(=O)NC1CCCC[C@H]1c1cccc(Cl)c1. The molecule has 1 aliphatic carbocycles. The second-order valence-corrected chi connectivity index (χ2v) is 14.3. The summed E-state index contributed by atoms with van der Waals surface area (Å²) in [6.45, 7) is 4.66. The zero-order valence-electron chi connectivity index (χ0n) is 26.2. The molecule has 1 unspecified atom stereocenters. The van der Waals surface area contributed by atoms with Crippen LogP contribution in [0, 0.1) is 5.92 Å². The number of nitrogens with zero attached hydrogens (tertiary/aromatic N) is 1. The van der Waals surface area contributed by atoms with Gasteiger partial charge in [-0.15, -0.1) is 11.3 Å². The highest BCUT2D eigenvalue weighted by molar-refractivity contribution is 7.98. The molecule has 4 atom stereocenters. The molecule has 3 aromatic rings. The van der Waals surface area contributed by atoms with Crippen LogP contribution in [-0.2, 0) is 16.1 Å². The van der Waals surface area contributed by atoms with E-state index in [2.05, 4.69) is 32.3 Å². The molecule has 8 nitrogen and oxygen atoms in total. The van der Waals surface area contributed by atoms with Gasteiger partial charge in [-0.1, -0.05) is 62.6 Å². The first-order valence-corrected chi connectivity index (χ1v) is 18.3. The standard InChI is InChI=1S/C34H44ClN5O3S2/c1-22(2)19-30(33(43)38-28-10-5-4-9-27(28)25-7-6-8-26(35)20-25)40-32(42)29(15-17-44-3)39-31(41)24-13-11-23(12-14-24)21-37-34-36-16-18-45-34/h6-8,11-14,16,18,20,22,27-30H,4-5,9-10,15,17,19,21H2,1-3H3,(H,36,37)(H,38,43)(H,39,41)(H,40,42)/t27-,28?,29-,30-/m0/s1. The third kappa shape index (κ3) is 10.8. The van der Waals surface area contributed by atoms with E-state index in [9.17, 15) is 14.4 Å². The zero-order chi connectivity index (χ0) is 32.2. The minimum atomic E-state index is -0.771. The highest BCUT2D eigenvalue weighted by Gasteiger charge is 2.32. The molecule has 0 aliphatic heterocycles. The van der Waals surface area contributed by atoms with Gasteiger partial charge in [0.2, 0.25) is 11.8 Å². The third-order valence-corrected chi connectivity index (χ3v) is 9.65. The maximum atomic E-state index is 13.7. The first-order chi connectivity index (χ1) is 21.7. The van der Waals surface area contributed by atoms with Crippen LogP contribution in [0.15, 0.2) is 60.1 Å². The lowest BCUT2D eigenvalue weighted by molar-refractivity contribution is -0.130. The maximum Gasteiger partial charge on any atom is 0.251 e. The number of carbonyl (C=O) groups is 3. The van der Waals surface area contributed by atoms with Crippen LogP contribution in [0.1, 0.15) is 79.8 Å². The van der Waals surface area contributed by atoms with Crippen molar-refractivity contribution in [3.05, 3.63) is 81.8 Å². The normalized spacial score (nSPS) is 17.7. The number of thiazole rings is 1. The third-order valence-electron chi connectivity index (χ3n) is 8.04. The number of thioether (sulfide) groups is 1. The number of rotatable bonds is 15. The van der Waals surface area contributed by atoms with Crippen LogP contribution >= 0.6 is 34.7 Å². The van der Waals surface area contributed by atoms with Crippen molar-refractivity contribution >= 4 is 57.6 Å². The molecule has 2 aromatic carbocycles. The number of hydrogen-bond acceptors (Lipinski definition) is 7. The largest absolute Gasteiger partial charge is 0.357 e. The van der Waals surface area contributed by atoms with Crippen molar-refractivity contribution in [2.45, 2.75) is 83.0 Å². The van der Waals surface area contributed by atoms with E-state index in [4.69, 9.17) is 11.6 Å². The number of carbonyl (C=O) groups excluding carboxylic acids is 3. The van der Waals surface area contributed by atoms with Crippen LogP contribution in [0.2, 0.25) is 5.02 Å². The van der Waals surface area contributed by atoms with Crippen molar-refractivity contribution in [1.82, 2.24) is 20.9 Å². The Labute approximate surface area is 279 Å². The highest BCUT2D eigenvalue weighted by atomic mass is 35.5. The fraction of sp³-hybridized carbons (Fsp3) is 0.471. The lowest BCUT2D eigenvalue weighted by Gasteiger charge is -2.34. The van der Waals surface area contributed by atoms with Gasteiger partial charge in [-0.25, -0.2) is 4.98 Å². The number of anilines is 1. The minimum absolute atomic E-state index is 0.0389. The van der Waals surface area contributed by atoms with Crippen LogP contribution in [0.5, 0.6) is 0 Å². The molecule has 1 saturated carbocycles. The summed E-state index contributed by atoms with van der Waals surface area (Å²) in [7, 11) is 0. The summed E-state index contributed by atoms with van der Waals surface area (Å²) < 4.78 is 0. The van der Waals surface area contributed by atoms with Crippen molar-refractivity contribution in [1.29, 1.82) is 0 Å². The molecule has 1 heterocycles. The lowest BCUT2D eigenvalue weighted by Crippen LogP contribution is -2.56. The molecule has 242 valence electrons. The first-order valence-electron chi connectivity index (χ1n) is 15.6. The summed E-state index contributed by atoms with van der Waals surface area (Å²) in [6.07, 6.45) is 8.63. The molecule has 0 bridgehead atoms. The summed E-state index contributed by atoms with van der Waals surface area (Å²) in [4.78, 5) is 44.8. The van der Waals surface area contributed by atoms with Crippen LogP contribution in [0.25, 0.3) is 0 Å². The van der Waals surface area contributed by atoms with Gasteiger partial charge in [0.15, 0.2) is 5.13 Å². The Morgan fingerprint density at radius 1 is 1.02 bits per heavy atom. The molecule has 0 spiro atoms. The molecule has 1 aliphatic rings. The Bertz CT molecular complexity index is 1390. The van der Waals surface area contributed by atoms with E-state index < -0.39 is 12.1 Å². The van der Waals surface area contributed by atoms with Gasteiger partial charge in [-0.05, 0) is 79.0 Å². The molecule has 3 amide bonds. The van der Waals surface area contributed by atoms with E-state index in [0.29, 0.717) is 35.7 Å². The van der Waals surface area contributed by atoms with Gasteiger partial charge < -0.3 is 21.3 Å². The summed E-state index contributed by atoms with van der Waals surface area (Å²) in [5, 5.41) is 15.9. The number of halogens is 1. The number of nitrogens with one attached hydrogen (secondary N) is 4. The van der Waals surface area contributed by atoms with E-state index in [1.165, 1.54) is 11.3 Å². The Balaban J connectivity index is 1.40. The Hall–Kier alpha value is -3.08. The van der Waals surface area contributed by atoms with E-state index in [1.807, 2.05) is 55.8 Å². The second-order valence-electron chi connectivity index (χ2n) is 11.9. The minimum Gasteiger partial charge on any atom is -0.357 e. The lowest BCUT2D eigenvalue weighted by atomic mass is 9.80. The molecule has 4 N–H and O–H groups in total. The molecule has 11 heteroatoms. The predicted molar refractivity (Wildman–Crippen MR) is 186 cm³/mol. The Morgan fingerprint density at radius 2 is 1.80 bits per heavy atom. The topological polar surface area (TPSA) is 112 Å². The van der Waals surface area contributed by atoms with Gasteiger partial charge in [-0.3, -0.25) is 14.4 Å². The summed E-state index contributed by atoms with van der Waals surface area (Å²) in [6, 6.07) is 13.6. The fourth-order valence-electron chi connectivity index (χ4n) is 5.71. The van der Waals surface area contributed by atoms with Crippen LogP contribution in [0.4, 0.5) is 5.13 Å². The summed E-state index contributed by atoms with van der Waals surface area (Å²) in [5.74, 6) is 0.167. The number of amides is 3. The number of benzene rings is 2. The Morgan fingerprint density at radius 3 is 2.49 bits per heavy atom. The summed E-state index contributed by atoms with van der Waals surface area (Å²) >= 11 is 9.42. The summed E-state index contributed by atoms with van der Waals surface area (Å²) in [5.41, 5.74) is 2.60. The van der Waals surface area contributed by atoms with Crippen molar-refractivity contribution in [2.75, 3.05) is 17.3 Å². The van der Waals surface area contributed by atoms with Crippen molar-refractivity contribution in [2.24, 2.45) is 5.92 Å². The van der Waals surface area contributed by atoms with Crippen molar-refractivity contribution in [3.63, 3.8) is 0 Å². The van der Waals surface area contributed by atoms with Gasteiger partial charge in [0.25, 0.3) is 5.91 Å². The molecular formula is C34H44ClN5O3S2. The van der Waals surface area contributed by atoms with E-state index >= 15 is 0 Å². The highest BCUT2D eigenvalue weighted by Crippen LogP contribution is 2.34. The van der Waals surface area contributed by atoms with Crippen LogP contribution < -0.4 is 21.3 Å². The van der Waals surface area contributed by atoms with Crippen LogP contribution in [-0.4, -0.2) is 52.8 Å². The molecule has 0 radical (unpaired) electrons. The van der Waals surface area contributed by atoms with Crippen LogP contribution in [0.3, 0.4) is 0 Å². The second kappa shape index (κ2) is 17.6. The quantitative estimate of drug-likeness (QED) is 0.145. The van der Waals surface area contributed by atoms with Gasteiger partial charge >= 0.3 is 0 Å². The average molecular weight is 670 g/mol. The fourth-order valence-corrected chi connectivity index (χ4v) is 6.90. The molecule has 45 heavy (non-hydrogen) atoms. The number of hydrogen-bond donors (Lipinski definition) is 4. The molecule has 1 fully saturated rings. The maximum absolute atomic E-state index is 13.7. The van der Waals surface area contributed by atoms with Gasteiger partial charge in [0.05, 0.1) is 0 Å². The smallest absolute Gasteiger partial charge is 0.251 e. The molecule has 0 saturated heterocycles. The Kier molecular flexibility index (Phi) is 13.6. The van der Waals surface area contributed by atoms with Gasteiger partial charge in [-0.2, -0.15) is 11.8 Å². The van der Waals surface area contributed by atoms with Crippen molar-refractivity contribution < 1.29 is 14.4 Å². The zero-order valence-corrected chi connectivity index (χ0v) is 28.6. The predicted octanol–water partition coefficient (Wildman–Crippen LogP) is 6.63. The monoisotopic (exact) mass is 669 g/mol. The van der Waals surface area contributed by atoms with E-state index in [-0.39, 0.29) is 35.6 Å². The van der Waals surface area contributed by atoms with Gasteiger partial charge in [0, 0.05) is 40.7 Å². The average Bonchev–Trinajstić information content (AvgIpc) is 3.56. The molecule has 1 aromatic heterocycles.